The van der Waals surface area contributed by atoms with Gasteiger partial charge in [0, 0.05) is 5.69 Å². The molecule has 0 saturated carbocycles. The second-order valence-electron chi connectivity index (χ2n) is 8.35. The number of methoxy groups -OCH3 is 1. The Morgan fingerprint density at radius 2 is 1.78 bits per heavy atom. The zero-order valence-corrected chi connectivity index (χ0v) is 19.1. The molecular formula is C23H27ClN2O6. The Morgan fingerprint density at radius 3 is 2.31 bits per heavy atom. The van der Waals surface area contributed by atoms with Crippen LogP contribution in [0.4, 0.5) is 5.69 Å². The van der Waals surface area contributed by atoms with Gasteiger partial charge < -0.3 is 14.8 Å². The molecule has 0 unspecified atom stereocenters. The van der Waals surface area contributed by atoms with Crippen molar-refractivity contribution in [3.05, 3.63) is 35.4 Å². The molecule has 9 heteroatoms. The molecule has 172 valence electrons. The van der Waals surface area contributed by atoms with E-state index in [9.17, 15) is 19.2 Å². The number of hydrogen-bond acceptors (Lipinski definition) is 6. The quantitative estimate of drug-likeness (QED) is 0.361. The van der Waals surface area contributed by atoms with Crippen molar-refractivity contribution in [3.8, 4) is 5.75 Å². The highest BCUT2D eigenvalue weighted by atomic mass is 35.5. The maximum Gasteiger partial charge on any atom is 0.329 e. The van der Waals surface area contributed by atoms with Crippen LogP contribution in [0.3, 0.4) is 0 Å². The van der Waals surface area contributed by atoms with Gasteiger partial charge in [-0.1, -0.05) is 37.6 Å². The first-order valence-electron chi connectivity index (χ1n) is 10.5. The number of esters is 1. The zero-order chi connectivity index (χ0) is 23.4. The molecule has 32 heavy (non-hydrogen) atoms. The summed E-state index contributed by atoms with van der Waals surface area (Å²) in [5.41, 5.74) is 0.414. The summed E-state index contributed by atoms with van der Waals surface area (Å²) in [7, 11) is 1.48. The summed E-state index contributed by atoms with van der Waals surface area (Å²) < 4.78 is 10.3. The Balaban J connectivity index is 1.65. The Morgan fingerprint density at radius 1 is 1.16 bits per heavy atom. The summed E-state index contributed by atoms with van der Waals surface area (Å²) >= 11 is 6.05. The van der Waals surface area contributed by atoms with E-state index in [-0.39, 0.29) is 24.2 Å². The smallest absolute Gasteiger partial charge is 0.329 e. The highest BCUT2D eigenvalue weighted by molar-refractivity contribution is 6.32. The molecule has 3 amide bonds. The summed E-state index contributed by atoms with van der Waals surface area (Å²) in [5.74, 6) is -2.40. The third kappa shape index (κ3) is 5.12. The van der Waals surface area contributed by atoms with Gasteiger partial charge >= 0.3 is 5.97 Å². The van der Waals surface area contributed by atoms with Crippen molar-refractivity contribution in [2.75, 3.05) is 19.0 Å². The fraction of sp³-hybridized carbons (Fsp3) is 0.478. The van der Waals surface area contributed by atoms with Gasteiger partial charge in [0.15, 0.2) is 6.61 Å². The fourth-order valence-corrected chi connectivity index (χ4v) is 4.32. The summed E-state index contributed by atoms with van der Waals surface area (Å²) in [4.78, 5) is 52.0. The number of nitrogens with one attached hydrogen (secondary N) is 1. The van der Waals surface area contributed by atoms with Crippen LogP contribution in [0, 0.1) is 17.8 Å². The Hall–Kier alpha value is -2.87. The van der Waals surface area contributed by atoms with Gasteiger partial charge in [0.05, 0.1) is 24.0 Å². The molecule has 1 aliphatic heterocycles. The number of imide groups is 1. The minimum atomic E-state index is -1.05. The number of carbonyl (C=O) groups is 4. The van der Waals surface area contributed by atoms with Gasteiger partial charge in [-0.2, -0.15) is 0 Å². The van der Waals surface area contributed by atoms with Crippen LogP contribution >= 0.6 is 11.6 Å². The Bertz CT molecular complexity index is 918. The van der Waals surface area contributed by atoms with Crippen molar-refractivity contribution in [3.63, 3.8) is 0 Å². The van der Waals surface area contributed by atoms with Crippen molar-refractivity contribution in [2.24, 2.45) is 17.8 Å². The first-order valence-corrected chi connectivity index (χ1v) is 10.9. The predicted molar refractivity (Wildman–Crippen MR) is 118 cm³/mol. The second-order valence-corrected chi connectivity index (χ2v) is 8.76. The molecule has 2 aliphatic rings. The zero-order valence-electron chi connectivity index (χ0n) is 18.3. The average Bonchev–Trinajstić information content (AvgIpc) is 3.01. The molecule has 3 rings (SSSR count). The van der Waals surface area contributed by atoms with Gasteiger partial charge in [-0.25, -0.2) is 4.79 Å². The normalized spacial score (nSPS) is 20.8. The lowest BCUT2D eigenvalue weighted by molar-refractivity contribution is -0.160. The van der Waals surface area contributed by atoms with Gasteiger partial charge in [-0.3, -0.25) is 19.3 Å². The summed E-state index contributed by atoms with van der Waals surface area (Å²) in [6.45, 7) is 3.22. The molecule has 1 aliphatic carbocycles. The number of benzene rings is 1. The maximum atomic E-state index is 12.9. The second kappa shape index (κ2) is 10.2. The number of allylic oxidation sites excluding steroid dienone is 2. The molecule has 0 bridgehead atoms. The molecule has 1 aromatic rings. The third-order valence-corrected chi connectivity index (χ3v) is 5.90. The van der Waals surface area contributed by atoms with Crippen molar-refractivity contribution >= 4 is 41.0 Å². The maximum absolute atomic E-state index is 12.9. The number of ether oxygens (including phenoxy) is 2. The first-order chi connectivity index (χ1) is 15.2. The molecule has 3 atom stereocenters. The van der Waals surface area contributed by atoms with E-state index in [0.29, 0.717) is 29.3 Å². The van der Waals surface area contributed by atoms with E-state index in [4.69, 9.17) is 21.1 Å². The number of carbonyl (C=O) groups excluding carboxylic acids is 4. The van der Waals surface area contributed by atoms with E-state index >= 15 is 0 Å². The van der Waals surface area contributed by atoms with Crippen LogP contribution in [0.2, 0.25) is 5.02 Å². The summed E-state index contributed by atoms with van der Waals surface area (Å²) in [6, 6.07) is 3.66. The van der Waals surface area contributed by atoms with E-state index in [1.807, 2.05) is 26.0 Å². The number of anilines is 1. The summed E-state index contributed by atoms with van der Waals surface area (Å²) in [6.07, 6.45) is 5.02. The van der Waals surface area contributed by atoms with E-state index in [1.165, 1.54) is 13.2 Å². The van der Waals surface area contributed by atoms with Crippen molar-refractivity contribution in [1.82, 2.24) is 4.90 Å². The van der Waals surface area contributed by atoms with E-state index in [1.54, 1.807) is 12.1 Å². The lowest BCUT2D eigenvalue weighted by Crippen LogP contribution is -2.47. The van der Waals surface area contributed by atoms with Gasteiger partial charge in [0.2, 0.25) is 11.8 Å². The number of fused-ring (bicyclic) bond motifs is 1. The molecule has 1 saturated heterocycles. The molecule has 1 N–H and O–H groups in total. The van der Waals surface area contributed by atoms with Gasteiger partial charge in [-0.05, 0) is 43.4 Å². The lowest BCUT2D eigenvalue weighted by Gasteiger charge is -2.26. The van der Waals surface area contributed by atoms with Crippen LogP contribution in [0.1, 0.15) is 33.1 Å². The number of hydrogen-bond donors (Lipinski definition) is 1. The largest absolute Gasteiger partial charge is 0.495 e. The van der Waals surface area contributed by atoms with Crippen LogP contribution < -0.4 is 10.1 Å². The monoisotopic (exact) mass is 462 g/mol. The molecule has 8 nitrogen and oxygen atoms in total. The third-order valence-electron chi connectivity index (χ3n) is 5.60. The SMILES string of the molecule is COc1ccc(NC(=O)COC(=O)[C@@H](CC(C)C)N2C(=O)[C@H]3CC=CC[C@H]3C2=O)cc1Cl. The van der Waals surface area contributed by atoms with Crippen LogP contribution in [0.25, 0.3) is 0 Å². The van der Waals surface area contributed by atoms with Crippen LogP contribution in [0.5, 0.6) is 5.75 Å². The standard InChI is InChI=1S/C23H27ClN2O6/c1-13(2)10-18(26-21(28)15-6-4-5-7-16(15)22(26)29)23(30)32-12-20(27)25-14-8-9-19(31-3)17(24)11-14/h4-5,8-9,11,13,15-16,18H,6-7,10,12H2,1-3H3,(H,25,27)/t15-,16+,18-/m1/s1. The number of nitrogens with zero attached hydrogens (tertiary/aromatic N) is 1. The number of likely N-dealkylation sites (tertiary alicyclic amines) is 1. The lowest BCUT2D eigenvalue weighted by atomic mass is 9.85. The predicted octanol–water partition coefficient (Wildman–Crippen LogP) is 3.20. The average molecular weight is 463 g/mol. The van der Waals surface area contributed by atoms with E-state index in [2.05, 4.69) is 5.32 Å². The van der Waals surface area contributed by atoms with Crippen molar-refractivity contribution in [1.29, 1.82) is 0 Å². The number of rotatable bonds is 8. The van der Waals surface area contributed by atoms with E-state index < -0.39 is 36.4 Å². The van der Waals surface area contributed by atoms with Crippen LogP contribution in [-0.2, 0) is 23.9 Å². The Labute approximate surface area is 191 Å². The molecule has 0 spiro atoms. The fourth-order valence-electron chi connectivity index (χ4n) is 4.06. The molecule has 1 aromatic carbocycles. The van der Waals surface area contributed by atoms with Gasteiger partial charge in [0.25, 0.3) is 5.91 Å². The van der Waals surface area contributed by atoms with Crippen LogP contribution in [0.15, 0.2) is 30.4 Å². The summed E-state index contributed by atoms with van der Waals surface area (Å²) in [5, 5.41) is 2.91. The first kappa shape index (κ1) is 23.8. The number of halogens is 1. The van der Waals surface area contributed by atoms with Crippen molar-refractivity contribution < 1.29 is 28.7 Å². The Kier molecular flexibility index (Phi) is 7.56. The van der Waals surface area contributed by atoms with E-state index in [0.717, 1.165) is 4.90 Å². The molecular weight excluding hydrogens is 436 g/mol. The minimum absolute atomic E-state index is 0.0316. The molecule has 1 fully saturated rings. The topological polar surface area (TPSA) is 102 Å². The minimum Gasteiger partial charge on any atom is -0.495 e. The van der Waals surface area contributed by atoms with Crippen molar-refractivity contribution in [2.45, 2.75) is 39.2 Å². The molecule has 1 heterocycles. The molecule has 0 aromatic heterocycles. The number of amides is 3. The highest BCUT2D eigenvalue weighted by Crippen LogP contribution is 2.37. The van der Waals surface area contributed by atoms with Gasteiger partial charge in [-0.15, -0.1) is 0 Å². The highest BCUT2D eigenvalue weighted by Gasteiger charge is 2.51. The molecule has 0 radical (unpaired) electrons. The van der Waals surface area contributed by atoms with Gasteiger partial charge in [0.1, 0.15) is 11.8 Å². The van der Waals surface area contributed by atoms with Crippen LogP contribution in [-0.4, -0.2) is 48.3 Å².